The molecule has 1 saturated carbocycles. The Morgan fingerprint density at radius 1 is 1.19 bits per heavy atom. The number of nitrogens with zero attached hydrogens (tertiary/aromatic N) is 4. The first-order chi connectivity index (χ1) is 9.63. The van der Waals surface area contributed by atoms with Gasteiger partial charge in [0.1, 0.15) is 0 Å². The Kier molecular flexibility index (Phi) is 4.93. The zero-order valence-corrected chi connectivity index (χ0v) is 13.8. The summed E-state index contributed by atoms with van der Waals surface area (Å²) in [5, 5.41) is 12.5. The molecule has 0 radical (unpaired) electrons. The summed E-state index contributed by atoms with van der Waals surface area (Å²) in [6, 6.07) is 0.610. The van der Waals surface area contributed by atoms with E-state index in [1.807, 2.05) is 17.9 Å². The van der Waals surface area contributed by atoms with Crippen molar-refractivity contribution in [3.63, 3.8) is 0 Å². The van der Waals surface area contributed by atoms with Crippen LogP contribution in [0, 0.1) is 13.8 Å². The minimum Gasteiger partial charge on any atom is -0.364 e. The molecule has 1 N–H and O–H groups in total. The second-order valence-corrected chi connectivity index (χ2v) is 5.85. The van der Waals surface area contributed by atoms with E-state index in [0.29, 0.717) is 6.04 Å². The zero-order valence-electron chi connectivity index (χ0n) is 13.0. The highest BCUT2D eigenvalue weighted by Gasteiger charge is 2.18. The zero-order chi connectivity index (χ0) is 14.1. The summed E-state index contributed by atoms with van der Waals surface area (Å²) in [5.74, 6) is 0.959. The lowest BCUT2D eigenvalue weighted by molar-refractivity contribution is 0.464. The second-order valence-electron chi connectivity index (χ2n) is 5.85. The lowest BCUT2D eigenvalue weighted by Gasteiger charge is -2.08. The Morgan fingerprint density at radius 2 is 1.90 bits per heavy atom. The first-order valence-electron chi connectivity index (χ1n) is 7.42. The summed E-state index contributed by atoms with van der Waals surface area (Å²) in [6.45, 7) is 4.95. The average Bonchev–Trinajstić information content (AvgIpc) is 3.08. The van der Waals surface area contributed by atoms with Crippen LogP contribution in [0.1, 0.15) is 48.5 Å². The van der Waals surface area contributed by atoms with E-state index in [1.54, 1.807) is 0 Å². The smallest absolute Gasteiger partial charge is 0.151 e. The van der Waals surface area contributed by atoms with Gasteiger partial charge in [0.05, 0.1) is 11.7 Å². The van der Waals surface area contributed by atoms with Crippen molar-refractivity contribution >= 4 is 18.2 Å². The number of nitrogens with one attached hydrogen (secondary N) is 1. The minimum absolute atomic E-state index is 0. The number of hydrogen-bond acceptors (Lipinski definition) is 3. The molecule has 3 rings (SSSR count). The molecule has 2 aromatic heterocycles. The highest BCUT2D eigenvalue weighted by atomic mass is 35.5. The molecule has 116 valence electrons. The molecule has 0 spiro atoms. The van der Waals surface area contributed by atoms with Crippen LogP contribution in [0.4, 0.5) is 5.82 Å². The van der Waals surface area contributed by atoms with Gasteiger partial charge in [-0.3, -0.25) is 9.36 Å². The fourth-order valence-electron chi connectivity index (χ4n) is 3.01. The Bertz CT molecular complexity index is 595. The third-order valence-electron chi connectivity index (χ3n) is 4.18. The van der Waals surface area contributed by atoms with Gasteiger partial charge in [0.2, 0.25) is 0 Å². The van der Waals surface area contributed by atoms with Crippen molar-refractivity contribution in [2.75, 3.05) is 5.32 Å². The van der Waals surface area contributed by atoms with Crippen molar-refractivity contribution in [3.8, 4) is 0 Å². The van der Waals surface area contributed by atoms with Crippen molar-refractivity contribution in [2.45, 2.75) is 52.1 Å². The lowest BCUT2D eigenvalue weighted by Crippen LogP contribution is -2.05. The molecule has 5 nitrogen and oxygen atoms in total. The first-order valence-corrected chi connectivity index (χ1v) is 7.42. The molecule has 1 fully saturated rings. The number of aryl methyl sites for hydroxylation is 3. The van der Waals surface area contributed by atoms with Gasteiger partial charge >= 0.3 is 0 Å². The predicted octanol–water partition coefficient (Wildman–Crippen LogP) is 3.38. The Labute approximate surface area is 132 Å². The number of halogens is 1. The van der Waals surface area contributed by atoms with E-state index in [9.17, 15) is 0 Å². The maximum Gasteiger partial charge on any atom is 0.151 e. The molecule has 0 aromatic carbocycles. The van der Waals surface area contributed by atoms with Crippen LogP contribution in [-0.2, 0) is 13.6 Å². The molecule has 1 aliphatic rings. The highest BCUT2D eigenvalue weighted by molar-refractivity contribution is 5.85. The second kappa shape index (κ2) is 6.52. The molecule has 0 amide bonds. The first kappa shape index (κ1) is 15.9. The topological polar surface area (TPSA) is 47.7 Å². The van der Waals surface area contributed by atoms with Gasteiger partial charge in [0.15, 0.2) is 5.82 Å². The van der Waals surface area contributed by atoms with Gasteiger partial charge in [-0.1, -0.05) is 12.8 Å². The molecule has 1 aliphatic carbocycles. The molecule has 0 bridgehead atoms. The van der Waals surface area contributed by atoms with Gasteiger partial charge in [-0.2, -0.15) is 10.2 Å². The van der Waals surface area contributed by atoms with E-state index in [1.165, 1.54) is 36.8 Å². The molecule has 0 unspecified atom stereocenters. The van der Waals surface area contributed by atoms with Crippen LogP contribution in [0.2, 0.25) is 0 Å². The average molecular weight is 310 g/mol. The van der Waals surface area contributed by atoms with Gasteiger partial charge in [0.25, 0.3) is 0 Å². The predicted molar refractivity (Wildman–Crippen MR) is 87.0 cm³/mol. The number of anilines is 1. The van der Waals surface area contributed by atoms with E-state index in [0.717, 1.165) is 18.1 Å². The summed E-state index contributed by atoms with van der Waals surface area (Å²) < 4.78 is 4.01. The lowest BCUT2D eigenvalue weighted by atomic mass is 10.2. The van der Waals surface area contributed by atoms with Crippen molar-refractivity contribution in [1.29, 1.82) is 0 Å². The number of rotatable bonds is 4. The maximum atomic E-state index is 4.68. The van der Waals surface area contributed by atoms with E-state index in [2.05, 4.69) is 40.2 Å². The van der Waals surface area contributed by atoms with Crippen LogP contribution in [0.25, 0.3) is 0 Å². The quantitative estimate of drug-likeness (QED) is 0.942. The fourth-order valence-corrected chi connectivity index (χ4v) is 3.01. The van der Waals surface area contributed by atoms with E-state index >= 15 is 0 Å². The molecule has 0 aliphatic heterocycles. The monoisotopic (exact) mass is 309 g/mol. The Balaban J connectivity index is 0.00000161. The largest absolute Gasteiger partial charge is 0.364 e. The van der Waals surface area contributed by atoms with Crippen LogP contribution in [-0.4, -0.2) is 19.6 Å². The van der Waals surface area contributed by atoms with Crippen molar-refractivity contribution in [2.24, 2.45) is 7.05 Å². The SMILES string of the molecule is Cc1cn(C)nc1NCc1cn(C2CCCC2)nc1C.Cl. The molecule has 2 heterocycles. The molecule has 21 heavy (non-hydrogen) atoms. The molecule has 0 saturated heterocycles. The van der Waals surface area contributed by atoms with Gasteiger partial charge in [-0.25, -0.2) is 0 Å². The molecular weight excluding hydrogens is 286 g/mol. The van der Waals surface area contributed by atoms with Crippen LogP contribution in [0.5, 0.6) is 0 Å². The normalized spacial score (nSPS) is 15.2. The summed E-state index contributed by atoms with van der Waals surface area (Å²) >= 11 is 0. The molecule has 6 heteroatoms. The summed E-state index contributed by atoms with van der Waals surface area (Å²) in [4.78, 5) is 0. The van der Waals surface area contributed by atoms with Gasteiger partial charge in [0, 0.05) is 37.1 Å². The third-order valence-corrected chi connectivity index (χ3v) is 4.18. The van der Waals surface area contributed by atoms with Crippen molar-refractivity contribution in [1.82, 2.24) is 19.6 Å². The Hall–Kier alpha value is -1.49. The van der Waals surface area contributed by atoms with Gasteiger partial charge < -0.3 is 5.32 Å². The standard InChI is InChI=1S/C15H23N5.ClH/c1-11-9-19(3)18-15(11)16-8-13-10-20(17-12(13)2)14-6-4-5-7-14;/h9-10,14H,4-8H2,1-3H3,(H,16,18);1H. The molecule has 2 aromatic rings. The highest BCUT2D eigenvalue weighted by Crippen LogP contribution is 2.29. The van der Waals surface area contributed by atoms with Crippen LogP contribution < -0.4 is 5.32 Å². The van der Waals surface area contributed by atoms with Crippen LogP contribution in [0.3, 0.4) is 0 Å². The summed E-state index contributed by atoms with van der Waals surface area (Å²) in [7, 11) is 1.95. The molecular formula is C15H24ClN5. The van der Waals surface area contributed by atoms with E-state index in [-0.39, 0.29) is 12.4 Å². The van der Waals surface area contributed by atoms with Crippen molar-refractivity contribution < 1.29 is 0 Å². The molecule has 0 atom stereocenters. The van der Waals surface area contributed by atoms with Gasteiger partial charge in [-0.15, -0.1) is 12.4 Å². The van der Waals surface area contributed by atoms with Gasteiger partial charge in [-0.05, 0) is 26.7 Å². The number of hydrogen-bond donors (Lipinski definition) is 1. The summed E-state index contributed by atoms with van der Waals surface area (Å²) in [6.07, 6.45) is 9.45. The Morgan fingerprint density at radius 3 is 2.52 bits per heavy atom. The van der Waals surface area contributed by atoms with E-state index < -0.39 is 0 Å². The minimum atomic E-state index is 0. The van der Waals surface area contributed by atoms with E-state index in [4.69, 9.17) is 0 Å². The van der Waals surface area contributed by atoms with Crippen LogP contribution >= 0.6 is 12.4 Å². The third kappa shape index (κ3) is 3.40. The number of aromatic nitrogens is 4. The maximum absolute atomic E-state index is 4.68. The fraction of sp³-hybridized carbons (Fsp3) is 0.600. The van der Waals surface area contributed by atoms with Crippen molar-refractivity contribution in [3.05, 3.63) is 29.2 Å². The summed E-state index contributed by atoms with van der Waals surface area (Å²) in [5.41, 5.74) is 3.56. The van der Waals surface area contributed by atoms with Crippen LogP contribution in [0.15, 0.2) is 12.4 Å².